The Labute approximate surface area is 208 Å². The van der Waals surface area contributed by atoms with Crippen LogP contribution in [0.25, 0.3) is 22.1 Å². The molecule has 36 heavy (non-hydrogen) atoms. The Bertz CT molecular complexity index is 1510. The molecule has 4 heterocycles. The van der Waals surface area contributed by atoms with Gasteiger partial charge in [-0.15, -0.1) is 0 Å². The maximum absolute atomic E-state index is 11.5. The molecule has 1 aromatic carbocycles. The summed E-state index contributed by atoms with van der Waals surface area (Å²) >= 11 is 0. The van der Waals surface area contributed by atoms with Gasteiger partial charge in [0.25, 0.3) is 10.1 Å². The lowest BCUT2D eigenvalue weighted by Gasteiger charge is -2.34. The summed E-state index contributed by atoms with van der Waals surface area (Å²) in [6.45, 7) is 7.17. The average molecular weight is 513 g/mol. The van der Waals surface area contributed by atoms with E-state index in [0.717, 1.165) is 42.9 Å². The van der Waals surface area contributed by atoms with Crippen molar-refractivity contribution in [2.45, 2.75) is 25.7 Å². The van der Waals surface area contributed by atoms with Crippen LogP contribution in [-0.4, -0.2) is 82.1 Å². The van der Waals surface area contributed by atoms with Gasteiger partial charge < -0.3 is 24.8 Å². The molecule has 1 fully saturated rings. The number of nitrogens with one attached hydrogen (secondary N) is 2. The third-order valence-corrected chi connectivity index (χ3v) is 6.53. The zero-order valence-electron chi connectivity index (χ0n) is 20.3. The van der Waals surface area contributed by atoms with Crippen molar-refractivity contribution in [1.29, 1.82) is 0 Å². The van der Waals surface area contributed by atoms with E-state index >= 15 is 0 Å². The maximum atomic E-state index is 11.5. The fraction of sp³-hybridized carbons (Fsp3) is 0.391. The molecule has 5 rings (SSSR count). The summed E-state index contributed by atoms with van der Waals surface area (Å²) in [5, 5.41) is 4.09. The van der Waals surface area contributed by atoms with Gasteiger partial charge in [-0.1, -0.05) is 0 Å². The Balaban J connectivity index is 1.54. The Morgan fingerprint density at radius 3 is 2.64 bits per heavy atom. The van der Waals surface area contributed by atoms with E-state index < -0.39 is 15.9 Å². The van der Waals surface area contributed by atoms with Crippen molar-refractivity contribution in [2.75, 3.05) is 43.4 Å². The molecule has 4 aromatic rings. The smallest absolute Gasteiger partial charge is 0.270 e. The molecule has 0 atom stereocenters. The van der Waals surface area contributed by atoms with Crippen molar-refractivity contribution >= 4 is 49.5 Å². The van der Waals surface area contributed by atoms with Crippen LogP contribution < -0.4 is 15.0 Å². The van der Waals surface area contributed by atoms with E-state index in [1.165, 1.54) is 0 Å². The van der Waals surface area contributed by atoms with Crippen molar-refractivity contribution in [1.82, 2.24) is 29.8 Å². The molecule has 1 saturated heterocycles. The molecule has 0 bridgehead atoms. The van der Waals surface area contributed by atoms with E-state index in [-0.39, 0.29) is 6.10 Å². The van der Waals surface area contributed by atoms with Crippen molar-refractivity contribution in [3.63, 3.8) is 0 Å². The number of aromatic nitrogens is 5. The number of imidazole rings is 1. The van der Waals surface area contributed by atoms with Gasteiger partial charge >= 0.3 is 0 Å². The number of hydrogen-bond acceptors (Lipinski definition) is 10. The van der Waals surface area contributed by atoms with E-state index in [2.05, 4.69) is 47.1 Å². The third kappa shape index (κ3) is 5.32. The molecular weight excluding hydrogens is 484 g/mol. The molecular formula is C23H28N8O4S. The highest BCUT2D eigenvalue weighted by Gasteiger charge is 2.20. The fourth-order valence-electron chi connectivity index (χ4n) is 4.21. The standard InChI is InChI=1S/C23H28N8O4S/c1-14(2)35-22-20-21(25-13-24-20)28-23(29-22)27-15-4-5-18-17(10-15)19(31-8-6-30(3)7-9-31)11-16(26-18)12-36(32,33)34/h4-5,10-11,13-14H,6-9,12H2,1-3H3,(H,32,33,34)(H2,24,25,27,28,29). The summed E-state index contributed by atoms with van der Waals surface area (Å²) in [7, 11) is -2.14. The Morgan fingerprint density at radius 1 is 1.14 bits per heavy atom. The first-order chi connectivity index (χ1) is 17.1. The number of benzene rings is 1. The molecule has 13 heteroatoms. The van der Waals surface area contributed by atoms with Gasteiger partial charge in [0.15, 0.2) is 11.2 Å². The average Bonchev–Trinajstić information content (AvgIpc) is 3.27. The molecule has 0 saturated carbocycles. The summed E-state index contributed by atoms with van der Waals surface area (Å²) in [5.41, 5.74) is 3.63. The normalized spacial score (nSPS) is 15.2. The monoisotopic (exact) mass is 512 g/mol. The predicted octanol–water partition coefficient (Wildman–Crippen LogP) is 2.57. The van der Waals surface area contributed by atoms with E-state index in [9.17, 15) is 13.0 Å². The summed E-state index contributed by atoms with van der Waals surface area (Å²) < 4.78 is 38.3. The summed E-state index contributed by atoms with van der Waals surface area (Å²) in [6, 6.07) is 7.32. The highest BCUT2D eigenvalue weighted by Crippen LogP contribution is 2.32. The van der Waals surface area contributed by atoms with Gasteiger partial charge in [0.05, 0.1) is 23.6 Å². The van der Waals surface area contributed by atoms with Gasteiger partial charge in [-0.3, -0.25) is 9.54 Å². The summed E-state index contributed by atoms with van der Waals surface area (Å²) in [5.74, 6) is 0.188. The second kappa shape index (κ2) is 9.48. The number of H-pyrrole nitrogens is 1. The van der Waals surface area contributed by atoms with Gasteiger partial charge in [0.1, 0.15) is 5.75 Å². The van der Waals surface area contributed by atoms with Crippen LogP contribution >= 0.6 is 0 Å². The van der Waals surface area contributed by atoms with E-state index in [0.29, 0.717) is 34.2 Å². The highest BCUT2D eigenvalue weighted by molar-refractivity contribution is 7.85. The minimum Gasteiger partial charge on any atom is -0.473 e. The topological polar surface area (TPSA) is 149 Å². The van der Waals surface area contributed by atoms with Crippen LogP contribution in [0.1, 0.15) is 19.5 Å². The zero-order chi connectivity index (χ0) is 25.4. The highest BCUT2D eigenvalue weighted by atomic mass is 32.2. The van der Waals surface area contributed by atoms with Crippen molar-refractivity contribution in [2.24, 2.45) is 0 Å². The number of hydrogen-bond donors (Lipinski definition) is 3. The van der Waals surface area contributed by atoms with Crippen molar-refractivity contribution in [3.8, 4) is 5.88 Å². The molecule has 1 aliphatic heterocycles. The summed E-state index contributed by atoms with van der Waals surface area (Å²) in [6.07, 6.45) is 1.47. The van der Waals surface area contributed by atoms with E-state index in [1.54, 1.807) is 12.4 Å². The van der Waals surface area contributed by atoms with Gasteiger partial charge in [0, 0.05) is 42.9 Å². The molecule has 0 amide bonds. The van der Waals surface area contributed by atoms with Crippen LogP contribution in [0, 0.1) is 0 Å². The lowest BCUT2D eigenvalue weighted by atomic mass is 10.1. The quantitative estimate of drug-likeness (QED) is 0.314. The number of anilines is 3. The number of piperazine rings is 1. The number of rotatable bonds is 7. The van der Waals surface area contributed by atoms with Gasteiger partial charge in [-0.05, 0) is 45.2 Å². The van der Waals surface area contributed by atoms with Gasteiger partial charge in [-0.2, -0.15) is 18.4 Å². The van der Waals surface area contributed by atoms with Crippen LogP contribution in [0.4, 0.5) is 17.3 Å². The Hall–Kier alpha value is -3.55. The van der Waals surface area contributed by atoms with Crippen LogP contribution in [0.5, 0.6) is 5.88 Å². The lowest BCUT2D eigenvalue weighted by Crippen LogP contribution is -2.44. The van der Waals surface area contributed by atoms with Crippen molar-refractivity contribution in [3.05, 3.63) is 36.3 Å². The zero-order valence-corrected chi connectivity index (χ0v) is 21.1. The molecule has 0 unspecified atom stereocenters. The Morgan fingerprint density at radius 2 is 1.92 bits per heavy atom. The lowest BCUT2D eigenvalue weighted by molar-refractivity contribution is 0.235. The number of pyridine rings is 1. The molecule has 1 aliphatic rings. The van der Waals surface area contributed by atoms with Crippen LogP contribution in [0.3, 0.4) is 0 Å². The first-order valence-electron chi connectivity index (χ1n) is 11.6. The molecule has 0 aliphatic carbocycles. The number of ether oxygens (including phenoxy) is 1. The second-order valence-corrected chi connectivity index (χ2v) is 10.6. The van der Waals surface area contributed by atoms with Crippen LogP contribution in [0.15, 0.2) is 30.6 Å². The minimum atomic E-state index is -4.22. The van der Waals surface area contributed by atoms with Crippen LogP contribution in [-0.2, 0) is 15.9 Å². The maximum Gasteiger partial charge on any atom is 0.270 e. The predicted molar refractivity (Wildman–Crippen MR) is 137 cm³/mol. The van der Waals surface area contributed by atoms with Gasteiger partial charge in [-0.25, -0.2) is 4.98 Å². The Kier molecular flexibility index (Phi) is 6.36. The SMILES string of the molecule is CC(C)Oc1nc(Nc2ccc3nc(CS(=O)(=O)O)cc(N4CCN(C)CC4)c3c2)nc2[nH]cnc12. The third-order valence-electron chi connectivity index (χ3n) is 5.86. The summed E-state index contributed by atoms with van der Waals surface area (Å²) in [4.78, 5) is 25.2. The largest absolute Gasteiger partial charge is 0.473 e. The second-order valence-electron chi connectivity index (χ2n) is 9.12. The number of fused-ring (bicyclic) bond motifs is 2. The minimum absolute atomic E-state index is 0.0810. The first kappa shape index (κ1) is 24.2. The molecule has 190 valence electrons. The van der Waals surface area contributed by atoms with E-state index in [1.807, 2.05) is 32.0 Å². The van der Waals surface area contributed by atoms with E-state index in [4.69, 9.17) is 4.74 Å². The number of nitrogens with zero attached hydrogens (tertiary/aromatic N) is 6. The fourth-order valence-corrected chi connectivity index (χ4v) is 4.73. The molecule has 0 radical (unpaired) electrons. The molecule has 12 nitrogen and oxygen atoms in total. The number of likely N-dealkylation sites (N-methyl/N-ethyl adjacent to an activating group) is 1. The molecule has 0 spiro atoms. The number of aromatic amines is 1. The molecule has 3 N–H and O–H groups in total. The first-order valence-corrected chi connectivity index (χ1v) is 13.2. The molecule has 3 aromatic heterocycles. The van der Waals surface area contributed by atoms with Crippen molar-refractivity contribution < 1.29 is 17.7 Å². The van der Waals surface area contributed by atoms with Crippen LogP contribution in [0.2, 0.25) is 0 Å². The van der Waals surface area contributed by atoms with Gasteiger partial charge in [0.2, 0.25) is 11.8 Å².